The predicted molar refractivity (Wildman–Crippen MR) is 91.2 cm³/mol. The average Bonchev–Trinajstić information content (AvgIpc) is 3.24. The summed E-state index contributed by atoms with van der Waals surface area (Å²) in [7, 11) is 0. The molecular weight excluding hydrogens is 350 g/mol. The van der Waals surface area contributed by atoms with Crippen LogP contribution >= 0.6 is 11.3 Å². The number of hydrogen-bond donors (Lipinski definition) is 2. The zero-order valence-corrected chi connectivity index (χ0v) is 14.1. The van der Waals surface area contributed by atoms with Crippen molar-refractivity contribution in [3.8, 4) is 5.75 Å². The van der Waals surface area contributed by atoms with Crippen LogP contribution in [-0.4, -0.2) is 36.6 Å². The number of ether oxygens (including phenoxy) is 1. The van der Waals surface area contributed by atoms with E-state index in [1.54, 1.807) is 23.6 Å². The molecule has 1 aromatic carbocycles. The lowest BCUT2D eigenvalue weighted by molar-refractivity contribution is -0.0495. The second-order valence-corrected chi connectivity index (χ2v) is 6.52. The number of amides is 1. The van der Waals surface area contributed by atoms with Crippen LogP contribution in [0.5, 0.6) is 5.75 Å². The second-order valence-electron chi connectivity index (χ2n) is 5.58. The summed E-state index contributed by atoms with van der Waals surface area (Å²) in [6.45, 7) is -1.42. The number of carbonyl (C=O) groups is 1. The van der Waals surface area contributed by atoms with E-state index in [0.717, 1.165) is 0 Å². The predicted octanol–water partition coefficient (Wildman–Crippen LogP) is 2.21. The minimum Gasteiger partial charge on any atom is -0.433 e. The SMILES string of the molecule is NCc1nc(C(=O)NC2CCN(c3ccccc3OC(F)F)C2)cs1. The molecule has 1 aliphatic rings. The van der Waals surface area contributed by atoms with Gasteiger partial charge in [0.1, 0.15) is 16.5 Å². The number of nitrogens with one attached hydrogen (secondary N) is 1. The van der Waals surface area contributed by atoms with Crippen LogP contribution < -0.4 is 20.7 Å². The van der Waals surface area contributed by atoms with Crippen molar-refractivity contribution in [2.24, 2.45) is 5.73 Å². The first-order chi connectivity index (χ1) is 12.1. The third-order valence-corrected chi connectivity index (χ3v) is 4.78. The Labute approximate surface area is 147 Å². The number of thiazole rings is 1. The van der Waals surface area contributed by atoms with E-state index in [0.29, 0.717) is 42.4 Å². The van der Waals surface area contributed by atoms with Crippen molar-refractivity contribution < 1.29 is 18.3 Å². The first-order valence-electron chi connectivity index (χ1n) is 7.81. The van der Waals surface area contributed by atoms with Crippen molar-refractivity contribution in [3.05, 3.63) is 40.3 Å². The molecule has 25 heavy (non-hydrogen) atoms. The fraction of sp³-hybridized carbons (Fsp3) is 0.375. The van der Waals surface area contributed by atoms with Crippen LogP contribution in [0.25, 0.3) is 0 Å². The van der Waals surface area contributed by atoms with Gasteiger partial charge in [0.25, 0.3) is 5.91 Å². The molecule has 2 heterocycles. The molecule has 0 bridgehead atoms. The molecule has 1 atom stereocenters. The number of aromatic nitrogens is 1. The quantitative estimate of drug-likeness (QED) is 0.817. The van der Waals surface area contributed by atoms with Gasteiger partial charge in [-0.05, 0) is 18.6 Å². The highest BCUT2D eigenvalue weighted by Gasteiger charge is 2.27. The van der Waals surface area contributed by atoms with Crippen molar-refractivity contribution in [3.63, 3.8) is 0 Å². The normalized spacial score (nSPS) is 17.1. The Hall–Kier alpha value is -2.26. The second kappa shape index (κ2) is 7.75. The summed E-state index contributed by atoms with van der Waals surface area (Å²) < 4.78 is 29.7. The summed E-state index contributed by atoms with van der Waals surface area (Å²) >= 11 is 1.35. The highest BCUT2D eigenvalue weighted by atomic mass is 32.1. The Morgan fingerprint density at radius 2 is 2.28 bits per heavy atom. The fourth-order valence-corrected chi connectivity index (χ4v) is 3.43. The molecule has 3 rings (SSSR count). The average molecular weight is 368 g/mol. The number of benzene rings is 1. The van der Waals surface area contributed by atoms with Gasteiger partial charge in [-0.15, -0.1) is 11.3 Å². The third kappa shape index (κ3) is 4.23. The van der Waals surface area contributed by atoms with E-state index in [4.69, 9.17) is 5.73 Å². The summed E-state index contributed by atoms with van der Waals surface area (Å²) in [5, 5.41) is 5.31. The van der Waals surface area contributed by atoms with Gasteiger partial charge < -0.3 is 20.7 Å². The van der Waals surface area contributed by atoms with Gasteiger partial charge in [-0.3, -0.25) is 4.79 Å². The van der Waals surface area contributed by atoms with Crippen molar-refractivity contribution >= 4 is 22.9 Å². The lowest BCUT2D eigenvalue weighted by atomic mass is 10.2. The van der Waals surface area contributed by atoms with Gasteiger partial charge in [-0.1, -0.05) is 12.1 Å². The molecule has 3 N–H and O–H groups in total. The van der Waals surface area contributed by atoms with Gasteiger partial charge in [0.05, 0.1) is 5.69 Å². The number of rotatable bonds is 6. The van der Waals surface area contributed by atoms with E-state index < -0.39 is 6.61 Å². The molecule has 6 nitrogen and oxygen atoms in total. The zero-order valence-electron chi connectivity index (χ0n) is 13.3. The molecule has 9 heteroatoms. The van der Waals surface area contributed by atoms with Crippen molar-refractivity contribution in [2.75, 3.05) is 18.0 Å². The molecular formula is C16H18F2N4O2S. The van der Waals surface area contributed by atoms with E-state index in [-0.39, 0.29) is 17.7 Å². The number of para-hydroxylation sites is 2. The van der Waals surface area contributed by atoms with E-state index >= 15 is 0 Å². The molecule has 134 valence electrons. The standard InChI is InChI=1S/C16H18F2N4O2S/c17-16(18)24-13-4-2-1-3-12(13)22-6-5-10(8-22)20-15(23)11-9-25-14(7-19)21-11/h1-4,9-10,16H,5-8,19H2,(H,20,23). The van der Waals surface area contributed by atoms with Crippen LogP contribution in [0.4, 0.5) is 14.5 Å². The number of hydrogen-bond acceptors (Lipinski definition) is 6. The summed E-state index contributed by atoms with van der Waals surface area (Å²) in [5.74, 6) is -0.114. The summed E-state index contributed by atoms with van der Waals surface area (Å²) in [6.07, 6.45) is 0.711. The van der Waals surface area contributed by atoms with Gasteiger partial charge in [0, 0.05) is 31.1 Å². The Morgan fingerprint density at radius 1 is 1.48 bits per heavy atom. The smallest absolute Gasteiger partial charge is 0.387 e. The number of nitrogens with zero attached hydrogens (tertiary/aromatic N) is 2. The molecule has 0 spiro atoms. The Balaban J connectivity index is 1.63. The zero-order chi connectivity index (χ0) is 17.8. The summed E-state index contributed by atoms with van der Waals surface area (Å²) in [6, 6.07) is 6.57. The van der Waals surface area contributed by atoms with Gasteiger partial charge >= 0.3 is 6.61 Å². The van der Waals surface area contributed by atoms with Crippen LogP contribution in [0.15, 0.2) is 29.6 Å². The van der Waals surface area contributed by atoms with Crippen LogP contribution in [-0.2, 0) is 6.54 Å². The van der Waals surface area contributed by atoms with Crippen molar-refractivity contribution in [2.45, 2.75) is 25.6 Å². The summed E-state index contributed by atoms with van der Waals surface area (Å²) in [5.41, 5.74) is 6.45. The monoisotopic (exact) mass is 368 g/mol. The number of anilines is 1. The molecule has 0 aliphatic carbocycles. The molecule has 1 amide bonds. The van der Waals surface area contributed by atoms with E-state index in [1.165, 1.54) is 17.4 Å². The Kier molecular flexibility index (Phi) is 5.44. The Bertz CT molecular complexity index is 740. The molecule has 1 saturated heterocycles. The van der Waals surface area contributed by atoms with Gasteiger partial charge in [-0.2, -0.15) is 8.78 Å². The highest BCUT2D eigenvalue weighted by Crippen LogP contribution is 2.31. The van der Waals surface area contributed by atoms with Crippen LogP contribution in [0.3, 0.4) is 0 Å². The van der Waals surface area contributed by atoms with Gasteiger partial charge in [-0.25, -0.2) is 4.98 Å². The lowest BCUT2D eigenvalue weighted by Crippen LogP contribution is -2.37. The van der Waals surface area contributed by atoms with Crippen LogP contribution in [0, 0.1) is 0 Å². The third-order valence-electron chi connectivity index (χ3n) is 3.90. The number of alkyl halides is 2. The molecule has 1 fully saturated rings. The van der Waals surface area contributed by atoms with E-state index in [9.17, 15) is 13.6 Å². The van der Waals surface area contributed by atoms with Gasteiger partial charge in [0.2, 0.25) is 0 Å². The first-order valence-corrected chi connectivity index (χ1v) is 8.69. The molecule has 1 aliphatic heterocycles. The fourth-order valence-electron chi connectivity index (χ4n) is 2.78. The van der Waals surface area contributed by atoms with E-state index in [1.807, 2.05) is 4.90 Å². The maximum absolute atomic E-state index is 12.5. The molecule has 1 unspecified atom stereocenters. The molecule has 1 aromatic heterocycles. The Morgan fingerprint density at radius 3 is 3.00 bits per heavy atom. The van der Waals surface area contributed by atoms with Crippen molar-refractivity contribution in [1.82, 2.24) is 10.3 Å². The molecule has 0 radical (unpaired) electrons. The minimum atomic E-state index is -2.87. The maximum atomic E-state index is 12.5. The maximum Gasteiger partial charge on any atom is 0.387 e. The van der Waals surface area contributed by atoms with Crippen molar-refractivity contribution in [1.29, 1.82) is 0 Å². The number of nitrogens with two attached hydrogens (primary N) is 1. The summed E-state index contributed by atoms with van der Waals surface area (Å²) in [4.78, 5) is 18.3. The molecule has 2 aromatic rings. The highest BCUT2D eigenvalue weighted by molar-refractivity contribution is 7.09. The number of halogens is 2. The molecule has 0 saturated carbocycles. The van der Waals surface area contributed by atoms with Crippen LogP contribution in [0.1, 0.15) is 21.9 Å². The van der Waals surface area contributed by atoms with Gasteiger partial charge in [0.15, 0.2) is 0 Å². The lowest BCUT2D eigenvalue weighted by Gasteiger charge is -2.21. The topological polar surface area (TPSA) is 80.5 Å². The number of carbonyl (C=O) groups excluding carboxylic acids is 1. The van der Waals surface area contributed by atoms with Crippen LogP contribution in [0.2, 0.25) is 0 Å². The largest absolute Gasteiger partial charge is 0.433 e. The van der Waals surface area contributed by atoms with E-state index in [2.05, 4.69) is 15.0 Å². The minimum absolute atomic E-state index is 0.0878. The first kappa shape index (κ1) is 17.6.